The van der Waals surface area contributed by atoms with E-state index >= 15 is 0 Å². The Kier molecular flexibility index (Phi) is 6.55. The molecule has 1 nitrogen and oxygen atoms in total. The highest BCUT2D eigenvalue weighted by molar-refractivity contribution is 6.13. The van der Waals surface area contributed by atoms with Crippen LogP contribution in [0, 0.1) is 0 Å². The molecule has 0 radical (unpaired) electrons. The van der Waals surface area contributed by atoms with Crippen LogP contribution in [0.25, 0.3) is 54.9 Å². The summed E-state index contributed by atoms with van der Waals surface area (Å²) in [5.41, 5.74) is 13.7. The van der Waals surface area contributed by atoms with Gasteiger partial charge in [-0.3, -0.25) is 0 Å². The van der Waals surface area contributed by atoms with Crippen molar-refractivity contribution >= 4 is 38.6 Å². The zero-order chi connectivity index (χ0) is 32.2. The first-order valence-electron chi connectivity index (χ1n) is 16.8. The Morgan fingerprint density at radius 1 is 0.354 bits per heavy atom. The summed E-state index contributed by atoms with van der Waals surface area (Å²) in [5, 5.41) is 5.12. The third-order valence-corrected chi connectivity index (χ3v) is 10.3. The van der Waals surface area contributed by atoms with Gasteiger partial charge >= 0.3 is 0 Å². The van der Waals surface area contributed by atoms with Gasteiger partial charge in [0.25, 0.3) is 0 Å². The molecular formula is C47H35N. The van der Waals surface area contributed by atoms with E-state index in [2.05, 4.69) is 195 Å². The molecule has 48 heavy (non-hydrogen) atoms. The highest BCUT2D eigenvalue weighted by Crippen LogP contribution is 2.50. The fourth-order valence-corrected chi connectivity index (χ4v) is 7.81. The van der Waals surface area contributed by atoms with E-state index in [-0.39, 0.29) is 5.41 Å². The second-order valence-electron chi connectivity index (χ2n) is 13.4. The zero-order valence-corrected chi connectivity index (χ0v) is 27.2. The van der Waals surface area contributed by atoms with Crippen LogP contribution in [0.2, 0.25) is 0 Å². The average Bonchev–Trinajstić information content (AvgIpc) is 3.38. The lowest BCUT2D eigenvalue weighted by molar-refractivity contribution is 0.660. The maximum atomic E-state index is 2.39. The van der Waals surface area contributed by atoms with Crippen molar-refractivity contribution in [2.24, 2.45) is 0 Å². The van der Waals surface area contributed by atoms with Crippen LogP contribution in [0.5, 0.6) is 0 Å². The molecule has 1 aliphatic rings. The Labute approximate surface area is 282 Å². The predicted molar refractivity (Wildman–Crippen MR) is 205 cm³/mol. The van der Waals surface area contributed by atoms with E-state index in [1.54, 1.807) is 0 Å². The van der Waals surface area contributed by atoms with Gasteiger partial charge in [0.15, 0.2) is 0 Å². The SMILES string of the molecule is CC1(C)c2ccccc2-c2cc(N(c3ccc(-c4ccccc4)cc3)c3ccc(-c4cc5ccccc5c5ccccc45)cc3)ccc21. The van der Waals surface area contributed by atoms with E-state index in [9.17, 15) is 0 Å². The summed E-state index contributed by atoms with van der Waals surface area (Å²) < 4.78 is 0. The predicted octanol–water partition coefficient (Wildman–Crippen LogP) is 13.1. The molecule has 0 saturated carbocycles. The van der Waals surface area contributed by atoms with Crippen LogP contribution in [0.4, 0.5) is 17.1 Å². The normalized spacial score (nSPS) is 13.0. The number of fused-ring (bicyclic) bond motifs is 6. The van der Waals surface area contributed by atoms with Gasteiger partial charge in [0.1, 0.15) is 0 Å². The minimum Gasteiger partial charge on any atom is -0.310 e. The van der Waals surface area contributed by atoms with Crippen molar-refractivity contribution in [1.29, 1.82) is 0 Å². The number of hydrogen-bond donors (Lipinski definition) is 0. The Balaban J connectivity index is 1.18. The Hall–Kier alpha value is -5.92. The maximum Gasteiger partial charge on any atom is 0.0468 e. The maximum absolute atomic E-state index is 2.39. The van der Waals surface area contributed by atoms with Crippen molar-refractivity contribution in [2.45, 2.75) is 19.3 Å². The molecule has 1 heteroatoms. The van der Waals surface area contributed by atoms with Crippen molar-refractivity contribution in [1.82, 2.24) is 0 Å². The van der Waals surface area contributed by atoms with Crippen LogP contribution in [0.15, 0.2) is 176 Å². The molecule has 0 aliphatic heterocycles. The van der Waals surface area contributed by atoms with Gasteiger partial charge in [-0.05, 0) is 109 Å². The van der Waals surface area contributed by atoms with E-state index in [1.807, 2.05) is 0 Å². The number of nitrogens with zero attached hydrogens (tertiary/aromatic N) is 1. The molecule has 9 rings (SSSR count). The van der Waals surface area contributed by atoms with Crippen molar-refractivity contribution in [3.63, 3.8) is 0 Å². The molecule has 0 saturated heterocycles. The molecule has 0 unspecified atom stereocenters. The van der Waals surface area contributed by atoms with Crippen LogP contribution < -0.4 is 4.90 Å². The van der Waals surface area contributed by atoms with Gasteiger partial charge in [-0.1, -0.05) is 147 Å². The lowest BCUT2D eigenvalue weighted by Gasteiger charge is -2.27. The summed E-state index contributed by atoms with van der Waals surface area (Å²) in [4.78, 5) is 2.39. The second-order valence-corrected chi connectivity index (χ2v) is 13.4. The molecular weight excluding hydrogens is 579 g/mol. The summed E-state index contributed by atoms with van der Waals surface area (Å²) in [6, 6.07) is 64.4. The van der Waals surface area contributed by atoms with Gasteiger partial charge in [0.05, 0.1) is 0 Å². The lowest BCUT2D eigenvalue weighted by atomic mass is 9.82. The first-order chi connectivity index (χ1) is 23.6. The molecule has 0 bridgehead atoms. The van der Waals surface area contributed by atoms with Gasteiger partial charge < -0.3 is 4.90 Å². The van der Waals surface area contributed by atoms with Crippen molar-refractivity contribution < 1.29 is 0 Å². The topological polar surface area (TPSA) is 3.24 Å². The van der Waals surface area contributed by atoms with E-state index in [0.29, 0.717) is 0 Å². The molecule has 0 heterocycles. The molecule has 0 fully saturated rings. The summed E-state index contributed by atoms with van der Waals surface area (Å²) in [6.07, 6.45) is 0. The minimum absolute atomic E-state index is 0.0309. The van der Waals surface area contributed by atoms with Crippen LogP contribution in [-0.4, -0.2) is 0 Å². The zero-order valence-electron chi connectivity index (χ0n) is 27.2. The van der Waals surface area contributed by atoms with Gasteiger partial charge in [0, 0.05) is 22.5 Å². The lowest BCUT2D eigenvalue weighted by Crippen LogP contribution is -2.15. The van der Waals surface area contributed by atoms with Crippen LogP contribution >= 0.6 is 0 Å². The third kappa shape index (κ3) is 4.54. The first kappa shape index (κ1) is 28.3. The Morgan fingerprint density at radius 3 is 1.65 bits per heavy atom. The van der Waals surface area contributed by atoms with Crippen molar-refractivity contribution in [3.05, 3.63) is 187 Å². The van der Waals surface area contributed by atoms with Gasteiger partial charge in [-0.25, -0.2) is 0 Å². The number of hydrogen-bond acceptors (Lipinski definition) is 1. The van der Waals surface area contributed by atoms with Crippen LogP contribution in [0.1, 0.15) is 25.0 Å². The highest BCUT2D eigenvalue weighted by atomic mass is 15.1. The van der Waals surface area contributed by atoms with E-state index in [4.69, 9.17) is 0 Å². The second kappa shape index (κ2) is 11.1. The number of anilines is 3. The molecule has 0 N–H and O–H groups in total. The number of benzene rings is 8. The van der Waals surface area contributed by atoms with E-state index in [1.165, 1.54) is 66.1 Å². The summed E-state index contributed by atoms with van der Waals surface area (Å²) in [5.74, 6) is 0. The molecule has 228 valence electrons. The third-order valence-electron chi connectivity index (χ3n) is 10.3. The van der Waals surface area contributed by atoms with Gasteiger partial charge in [0.2, 0.25) is 0 Å². The summed E-state index contributed by atoms with van der Waals surface area (Å²) in [6.45, 7) is 4.68. The Bertz CT molecular complexity index is 2450. The molecule has 1 aliphatic carbocycles. The number of rotatable bonds is 5. The fourth-order valence-electron chi connectivity index (χ4n) is 7.81. The van der Waals surface area contributed by atoms with Crippen molar-refractivity contribution in [3.8, 4) is 33.4 Å². The van der Waals surface area contributed by atoms with Crippen molar-refractivity contribution in [2.75, 3.05) is 4.90 Å². The molecule has 0 aromatic heterocycles. The smallest absolute Gasteiger partial charge is 0.0468 e. The monoisotopic (exact) mass is 613 g/mol. The quantitative estimate of drug-likeness (QED) is 0.175. The highest BCUT2D eigenvalue weighted by Gasteiger charge is 2.35. The largest absolute Gasteiger partial charge is 0.310 e. The standard InChI is InChI=1S/C47H35N/c1-47(2)45-19-11-10-18-42(45)44-31-38(28-29-46(44)47)48(36-24-20-33(21-25-36)32-12-4-3-5-13-32)37-26-22-34(23-27-37)43-30-35-14-6-7-15-39(35)40-16-8-9-17-41(40)43/h3-31H,1-2H3. The van der Waals surface area contributed by atoms with Crippen LogP contribution in [0.3, 0.4) is 0 Å². The molecule has 8 aromatic carbocycles. The van der Waals surface area contributed by atoms with Gasteiger partial charge in [-0.15, -0.1) is 0 Å². The molecule has 8 aromatic rings. The average molecular weight is 614 g/mol. The minimum atomic E-state index is -0.0309. The molecule has 0 spiro atoms. The molecule has 0 amide bonds. The molecule has 0 atom stereocenters. The van der Waals surface area contributed by atoms with E-state index in [0.717, 1.165) is 17.1 Å². The summed E-state index contributed by atoms with van der Waals surface area (Å²) in [7, 11) is 0. The van der Waals surface area contributed by atoms with Gasteiger partial charge in [-0.2, -0.15) is 0 Å². The van der Waals surface area contributed by atoms with Crippen LogP contribution in [-0.2, 0) is 5.41 Å². The summed E-state index contributed by atoms with van der Waals surface area (Å²) >= 11 is 0. The Morgan fingerprint density at radius 2 is 0.896 bits per heavy atom. The fraction of sp³-hybridized carbons (Fsp3) is 0.0638. The first-order valence-corrected chi connectivity index (χ1v) is 16.8. The van der Waals surface area contributed by atoms with E-state index < -0.39 is 0 Å².